The van der Waals surface area contributed by atoms with Crippen LogP contribution in [0.15, 0.2) is 42.5 Å². The SMILES string of the molecule is C[C@]12C[C@H](c3ccc(OCCCCCl)cc3)[C@@H]3c4ccc(O)cc4CC[C@H]3[C@@H]1CCC2=O. The van der Waals surface area contributed by atoms with E-state index in [9.17, 15) is 9.90 Å². The number of aryl methyl sites for hydroxylation is 1. The number of hydrogen-bond donors (Lipinski definition) is 1. The lowest BCUT2D eigenvalue weighted by atomic mass is 9.51. The van der Waals surface area contributed by atoms with Crippen LogP contribution in [0.5, 0.6) is 11.5 Å². The van der Waals surface area contributed by atoms with E-state index in [1.54, 1.807) is 0 Å². The summed E-state index contributed by atoms with van der Waals surface area (Å²) in [5.41, 5.74) is 3.75. The molecule has 3 aliphatic carbocycles. The molecule has 2 aromatic carbocycles. The van der Waals surface area contributed by atoms with Gasteiger partial charge in [0.1, 0.15) is 17.3 Å². The molecule has 0 bridgehead atoms. The molecular formula is C28H33ClO3. The molecule has 0 aromatic heterocycles. The van der Waals surface area contributed by atoms with E-state index in [0.717, 1.165) is 50.7 Å². The van der Waals surface area contributed by atoms with E-state index < -0.39 is 0 Å². The van der Waals surface area contributed by atoms with Gasteiger partial charge in [0.15, 0.2) is 0 Å². The average Bonchev–Trinajstić information content (AvgIpc) is 3.10. The summed E-state index contributed by atoms with van der Waals surface area (Å²) in [4.78, 5) is 13.0. The van der Waals surface area contributed by atoms with Crippen LogP contribution in [0.4, 0.5) is 0 Å². The van der Waals surface area contributed by atoms with E-state index in [1.807, 2.05) is 12.1 Å². The van der Waals surface area contributed by atoms with Gasteiger partial charge >= 0.3 is 0 Å². The lowest BCUT2D eigenvalue weighted by molar-refractivity contribution is -0.130. The maximum atomic E-state index is 13.0. The Morgan fingerprint density at radius 1 is 1.09 bits per heavy atom. The fourth-order valence-electron chi connectivity index (χ4n) is 6.99. The molecule has 2 fully saturated rings. The molecule has 5 atom stereocenters. The van der Waals surface area contributed by atoms with E-state index in [1.165, 1.54) is 16.7 Å². The van der Waals surface area contributed by atoms with Crippen molar-refractivity contribution < 1.29 is 14.6 Å². The van der Waals surface area contributed by atoms with Crippen molar-refractivity contribution in [1.29, 1.82) is 0 Å². The van der Waals surface area contributed by atoms with E-state index in [4.69, 9.17) is 16.3 Å². The number of phenols is 1. The Labute approximate surface area is 196 Å². The summed E-state index contributed by atoms with van der Waals surface area (Å²) in [7, 11) is 0. The van der Waals surface area contributed by atoms with Gasteiger partial charge in [-0.25, -0.2) is 0 Å². The van der Waals surface area contributed by atoms with Crippen LogP contribution >= 0.6 is 11.6 Å². The first-order valence-corrected chi connectivity index (χ1v) is 12.7. The summed E-state index contributed by atoms with van der Waals surface area (Å²) >= 11 is 5.76. The molecule has 3 aliphatic rings. The van der Waals surface area contributed by atoms with Gasteiger partial charge in [-0.3, -0.25) is 4.79 Å². The highest BCUT2D eigenvalue weighted by molar-refractivity contribution is 6.17. The highest BCUT2D eigenvalue weighted by atomic mass is 35.5. The lowest BCUT2D eigenvalue weighted by Crippen LogP contribution is -2.45. The number of halogens is 1. The number of phenolic OH excluding ortho intramolecular Hbond substituents is 1. The number of unbranched alkanes of at least 4 members (excludes halogenated alkanes) is 1. The fourth-order valence-corrected chi connectivity index (χ4v) is 7.18. The maximum Gasteiger partial charge on any atom is 0.139 e. The third-order valence-corrected chi connectivity index (χ3v) is 8.80. The van der Waals surface area contributed by atoms with E-state index >= 15 is 0 Å². The average molecular weight is 453 g/mol. The Bertz CT molecular complexity index is 985. The number of aromatic hydroxyl groups is 1. The Morgan fingerprint density at radius 3 is 2.69 bits per heavy atom. The molecule has 0 saturated heterocycles. The molecule has 0 aliphatic heterocycles. The second kappa shape index (κ2) is 8.74. The summed E-state index contributed by atoms with van der Waals surface area (Å²) < 4.78 is 5.89. The number of fused-ring (bicyclic) bond motifs is 5. The molecule has 2 saturated carbocycles. The summed E-state index contributed by atoms with van der Waals surface area (Å²) in [6, 6.07) is 14.5. The molecule has 1 N–H and O–H groups in total. The summed E-state index contributed by atoms with van der Waals surface area (Å²) in [5, 5.41) is 10.1. The minimum atomic E-state index is -0.211. The molecule has 0 amide bonds. The van der Waals surface area contributed by atoms with Gasteiger partial charge in [0, 0.05) is 17.7 Å². The van der Waals surface area contributed by atoms with Gasteiger partial charge in [-0.2, -0.15) is 0 Å². The molecule has 5 rings (SSSR count). The molecule has 32 heavy (non-hydrogen) atoms. The lowest BCUT2D eigenvalue weighted by Gasteiger charge is -2.52. The summed E-state index contributed by atoms with van der Waals surface area (Å²) in [6.07, 6.45) is 6.70. The highest BCUT2D eigenvalue weighted by Crippen LogP contribution is 2.64. The zero-order chi connectivity index (χ0) is 22.3. The first-order valence-electron chi connectivity index (χ1n) is 12.1. The molecule has 0 unspecified atom stereocenters. The smallest absolute Gasteiger partial charge is 0.139 e. The zero-order valence-corrected chi connectivity index (χ0v) is 19.6. The molecule has 0 radical (unpaired) electrons. The van der Waals surface area contributed by atoms with Gasteiger partial charge in [0.25, 0.3) is 0 Å². The molecule has 2 aromatic rings. The van der Waals surface area contributed by atoms with Gasteiger partial charge < -0.3 is 9.84 Å². The Kier molecular flexibility index (Phi) is 5.96. The van der Waals surface area contributed by atoms with Crippen molar-refractivity contribution in [3.63, 3.8) is 0 Å². The summed E-state index contributed by atoms with van der Waals surface area (Å²) in [6.45, 7) is 2.92. The quantitative estimate of drug-likeness (QED) is 0.396. The molecular weight excluding hydrogens is 420 g/mol. The van der Waals surface area contributed by atoms with Crippen molar-refractivity contribution >= 4 is 17.4 Å². The van der Waals surface area contributed by atoms with Crippen LogP contribution in [0.1, 0.15) is 74.0 Å². The van der Waals surface area contributed by atoms with Crippen LogP contribution in [-0.4, -0.2) is 23.4 Å². The van der Waals surface area contributed by atoms with E-state index in [2.05, 4.69) is 37.3 Å². The van der Waals surface area contributed by atoms with Crippen LogP contribution in [-0.2, 0) is 11.2 Å². The van der Waals surface area contributed by atoms with Crippen LogP contribution < -0.4 is 4.74 Å². The van der Waals surface area contributed by atoms with Gasteiger partial charge in [-0.1, -0.05) is 25.1 Å². The number of hydrogen-bond acceptors (Lipinski definition) is 3. The van der Waals surface area contributed by atoms with Crippen molar-refractivity contribution in [3.8, 4) is 11.5 Å². The van der Waals surface area contributed by atoms with Gasteiger partial charge in [0.05, 0.1) is 6.61 Å². The second-order valence-electron chi connectivity index (χ2n) is 10.2. The topological polar surface area (TPSA) is 46.5 Å². The van der Waals surface area contributed by atoms with E-state index in [0.29, 0.717) is 47.7 Å². The largest absolute Gasteiger partial charge is 0.508 e. The first-order chi connectivity index (χ1) is 15.5. The van der Waals surface area contributed by atoms with Crippen LogP contribution in [0.2, 0.25) is 0 Å². The van der Waals surface area contributed by atoms with Crippen molar-refractivity contribution in [2.24, 2.45) is 17.3 Å². The third kappa shape index (κ3) is 3.73. The molecule has 3 nitrogen and oxygen atoms in total. The predicted octanol–water partition coefficient (Wildman–Crippen LogP) is 6.61. The maximum absolute atomic E-state index is 13.0. The monoisotopic (exact) mass is 452 g/mol. The number of ether oxygens (including phenoxy) is 1. The number of benzene rings is 2. The fraction of sp³-hybridized carbons (Fsp3) is 0.536. The van der Waals surface area contributed by atoms with Crippen molar-refractivity contribution in [2.45, 2.75) is 63.7 Å². The number of carbonyl (C=O) groups is 1. The highest BCUT2D eigenvalue weighted by Gasteiger charge is 2.57. The van der Waals surface area contributed by atoms with Crippen LogP contribution in [0, 0.1) is 17.3 Å². The first kappa shape index (κ1) is 21.8. The number of carbonyl (C=O) groups excluding carboxylic acids is 1. The number of rotatable bonds is 6. The molecule has 0 spiro atoms. The van der Waals surface area contributed by atoms with E-state index in [-0.39, 0.29) is 5.41 Å². The van der Waals surface area contributed by atoms with Crippen molar-refractivity contribution in [3.05, 3.63) is 59.2 Å². The van der Waals surface area contributed by atoms with Crippen molar-refractivity contribution in [1.82, 2.24) is 0 Å². The van der Waals surface area contributed by atoms with Crippen LogP contribution in [0.3, 0.4) is 0 Å². The van der Waals surface area contributed by atoms with Gasteiger partial charge in [0.2, 0.25) is 0 Å². The minimum absolute atomic E-state index is 0.211. The molecule has 4 heteroatoms. The second-order valence-corrected chi connectivity index (χ2v) is 10.6. The molecule has 170 valence electrons. The Hall–Kier alpha value is -2.00. The van der Waals surface area contributed by atoms with Crippen molar-refractivity contribution in [2.75, 3.05) is 12.5 Å². The minimum Gasteiger partial charge on any atom is -0.508 e. The normalized spacial score (nSPS) is 31.0. The standard InChI is InChI=1S/C28H33ClO3/c1-28-17-24(18-4-8-21(9-5-18)32-15-3-2-14-29)27-22-11-7-20(30)16-19(22)6-10-23(27)25(28)12-13-26(28)31/h4-5,7-9,11,16,23-25,27,30H,2-3,6,10,12-15,17H2,1H3/t23-,24+,25-,27+,28-/m0/s1. The summed E-state index contributed by atoms with van der Waals surface area (Å²) in [5.74, 6) is 4.08. The van der Waals surface area contributed by atoms with Gasteiger partial charge in [-0.15, -0.1) is 11.6 Å². The number of ketones is 1. The molecule has 0 heterocycles. The zero-order valence-electron chi connectivity index (χ0n) is 18.9. The number of alkyl halides is 1. The predicted molar refractivity (Wildman–Crippen MR) is 128 cm³/mol. The number of Topliss-reactive ketones (excluding diaryl/α,β-unsaturated/α-hetero) is 1. The third-order valence-electron chi connectivity index (χ3n) is 8.53. The van der Waals surface area contributed by atoms with Crippen LogP contribution in [0.25, 0.3) is 0 Å². The Balaban J connectivity index is 1.48. The Morgan fingerprint density at radius 2 is 1.91 bits per heavy atom. The van der Waals surface area contributed by atoms with Gasteiger partial charge in [-0.05, 0) is 103 Å².